The van der Waals surface area contributed by atoms with Crippen molar-refractivity contribution in [2.45, 2.75) is 77.1 Å². The lowest BCUT2D eigenvalue weighted by atomic mass is 9.49. The van der Waals surface area contributed by atoms with Crippen LogP contribution in [0.2, 0.25) is 0 Å². The highest BCUT2D eigenvalue weighted by atomic mass is 32.2. The average Bonchev–Trinajstić information content (AvgIpc) is 3.76. The number of alkyl halides is 2. The van der Waals surface area contributed by atoms with Crippen LogP contribution in [-0.2, 0) is 49.6 Å². The van der Waals surface area contributed by atoms with Gasteiger partial charge in [0.2, 0.25) is 0 Å². The Hall–Kier alpha value is -3.81. The van der Waals surface area contributed by atoms with Gasteiger partial charge >= 0.3 is 23.2 Å². The number of fused-ring (bicyclic) bond motifs is 1. The van der Waals surface area contributed by atoms with Crippen LogP contribution in [0.25, 0.3) is 0 Å². The van der Waals surface area contributed by atoms with Gasteiger partial charge in [0.05, 0.1) is 28.1 Å². The van der Waals surface area contributed by atoms with E-state index in [-0.39, 0.29) is 16.9 Å². The molecule has 280 valence electrons. The smallest absolute Gasteiger partial charge is 0.367 e. The Morgan fingerprint density at radius 2 is 1.26 bits per heavy atom. The van der Waals surface area contributed by atoms with Crippen LogP contribution < -0.4 is 0 Å². The lowest BCUT2D eigenvalue weighted by Gasteiger charge is -2.55. The molecule has 3 aromatic rings. The molecular formula is C40H40F2O9S2. The van der Waals surface area contributed by atoms with E-state index in [1.54, 1.807) is 0 Å². The molecule has 6 saturated carbocycles. The molecule has 13 heteroatoms. The van der Waals surface area contributed by atoms with Crippen LogP contribution in [0.5, 0.6) is 0 Å². The van der Waals surface area contributed by atoms with Crippen molar-refractivity contribution in [2.75, 3.05) is 6.61 Å². The summed E-state index contributed by atoms with van der Waals surface area (Å²) in [5, 5.41) is -4.79. The molecule has 6 bridgehead atoms. The molecule has 0 radical (unpaired) electrons. The maximum atomic E-state index is 13.5. The first-order valence-corrected chi connectivity index (χ1v) is 20.8. The summed E-state index contributed by atoms with van der Waals surface area (Å²) in [6.07, 6.45) is 4.50. The largest absolute Gasteiger partial charge is 0.743 e. The van der Waals surface area contributed by atoms with Crippen LogP contribution in [0.15, 0.2) is 106 Å². The number of esters is 3. The average molecular weight is 767 g/mol. The quantitative estimate of drug-likeness (QED) is 0.105. The van der Waals surface area contributed by atoms with Crippen LogP contribution in [0.1, 0.15) is 44.9 Å². The summed E-state index contributed by atoms with van der Waals surface area (Å²) >= 11 is 0. The van der Waals surface area contributed by atoms with Crippen molar-refractivity contribution in [3.63, 3.8) is 0 Å². The minimum Gasteiger partial charge on any atom is -0.743 e. The topological polar surface area (TPSA) is 136 Å². The monoisotopic (exact) mass is 766 g/mol. The van der Waals surface area contributed by atoms with Crippen molar-refractivity contribution in [3.05, 3.63) is 91.0 Å². The van der Waals surface area contributed by atoms with E-state index < -0.39 is 75.2 Å². The van der Waals surface area contributed by atoms with Crippen molar-refractivity contribution in [1.29, 1.82) is 0 Å². The fourth-order valence-electron chi connectivity index (χ4n) is 10.5. The zero-order valence-electron chi connectivity index (χ0n) is 28.8. The van der Waals surface area contributed by atoms with E-state index in [9.17, 15) is 36.1 Å². The highest BCUT2D eigenvalue weighted by Crippen LogP contribution is 2.62. The second-order valence-corrected chi connectivity index (χ2v) is 19.1. The van der Waals surface area contributed by atoms with E-state index in [0.29, 0.717) is 24.2 Å². The third-order valence-corrected chi connectivity index (χ3v) is 15.3. The lowest BCUT2D eigenvalue weighted by molar-refractivity contribution is -0.188. The number of rotatable bonds is 9. The van der Waals surface area contributed by atoms with Crippen LogP contribution in [0, 0.1) is 46.8 Å². The standard InChI is InChI=1S/C22H26F2O9S.C18H15S/c23-22(24,34(28,29)30)8-31-18(25)14-12-4-13-15(14)19(26)32-16(13)17(12)33-20(27)21-5-9-1-10(6-21)3-11(2-9)7-21;1-4-10-16(11-5-1)19(17-12-6-2-7-13-17)18-14-8-3-9-15-18/h9-17H,1-8H2,(H,28,29,30);1-15H/q;+1/p-1. The van der Waals surface area contributed by atoms with Gasteiger partial charge in [0.15, 0.2) is 31.4 Å². The molecule has 0 spiro atoms. The van der Waals surface area contributed by atoms with Gasteiger partial charge in [0, 0.05) is 11.8 Å². The second-order valence-electron chi connectivity index (χ2n) is 15.5. The molecule has 0 aromatic heterocycles. The first-order valence-electron chi connectivity index (χ1n) is 18.1. The first kappa shape index (κ1) is 36.2. The predicted molar refractivity (Wildman–Crippen MR) is 186 cm³/mol. The van der Waals surface area contributed by atoms with E-state index in [4.69, 9.17) is 9.47 Å². The summed E-state index contributed by atoms with van der Waals surface area (Å²) < 4.78 is 75.0. The van der Waals surface area contributed by atoms with Gasteiger partial charge in [-0.1, -0.05) is 54.6 Å². The molecule has 6 atom stereocenters. The van der Waals surface area contributed by atoms with Gasteiger partial charge in [0.25, 0.3) is 0 Å². The van der Waals surface area contributed by atoms with Crippen LogP contribution in [0.4, 0.5) is 8.78 Å². The van der Waals surface area contributed by atoms with E-state index in [0.717, 1.165) is 38.5 Å². The van der Waals surface area contributed by atoms with Gasteiger partial charge in [-0.25, -0.2) is 8.42 Å². The molecule has 1 aliphatic heterocycles. The molecule has 9 nitrogen and oxygen atoms in total. The number of halogens is 2. The number of hydrogen-bond donors (Lipinski definition) is 0. The normalized spacial score (nSPS) is 33.3. The molecule has 53 heavy (non-hydrogen) atoms. The van der Waals surface area contributed by atoms with Crippen molar-refractivity contribution >= 4 is 38.9 Å². The minimum absolute atomic E-state index is 0.0146. The van der Waals surface area contributed by atoms with Crippen LogP contribution in [-0.4, -0.2) is 54.9 Å². The second kappa shape index (κ2) is 13.8. The summed E-state index contributed by atoms with van der Waals surface area (Å²) in [6.45, 7) is -1.94. The number of carbonyl (C=O) groups is 3. The summed E-state index contributed by atoms with van der Waals surface area (Å²) in [6, 6.07) is 32.2. The van der Waals surface area contributed by atoms with Gasteiger partial charge in [0.1, 0.15) is 12.2 Å². The van der Waals surface area contributed by atoms with Crippen molar-refractivity contribution in [1.82, 2.24) is 0 Å². The van der Waals surface area contributed by atoms with Crippen molar-refractivity contribution in [3.8, 4) is 0 Å². The number of benzene rings is 3. The molecule has 6 unspecified atom stereocenters. The van der Waals surface area contributed by atoms with E-state index in [2.05, 4.69) is 95.7 Å². The van der Waals surface area contributed by atoms with Crippen LogP contribution >= 0.6 is 0 Å². The molecular weight excluding hydrogens is 727 g/mol. The highest BCUT2D eigenvalue weighted by Gasteiger charge is 2.71. The summed E-state index contributed by atoms with van der Waals surface area (Å²) in [5.41, 5.74) is -0.556. The van der Waals surface area contributed by atoms with Gasteiger partial charge in [-0.05, 0) is 99.1 Å². The fraction of sp³-hybridized carbons (Fsp3) is 0.475. The van der Waals surface area contributed by atoms with Crippen molar-refractivity contribution in [2.24, 2.45) is 46.8 Å². The molecule has 6 aliphatic carbocycles. The zero-order chi connectivity index (χ0) is 37.1. The highest BCUT2D eigenvalue weighted by molar-refractivity contribution is 7.97. The Balaban J connectivity index is 0.000000178. The maximum absolute atomic E-state index is 13.5. The number of carbonyl (C=O) groups excluding carboxylic acids is 3. The summed E-state index contributed by atoms with van der Waals surface area (Å²) in [4.78, 5) is 42.7. The number of hydrogen-bond acceptors (Lipinski definition) is 9. The van der Waals surface area contributed by atoms with E-state index in [1.165, 1.54) is 14.7 Å². The third kappa shape index (κ3) is 6.67. The maximum Gasteiger partial charge on any atom is 0.367 e. The Morgan fingerprint density at radius 3 is 1.72 bits per heavy atom. The first-order chi connectivity index (χ1) is 25.3. The van der Waals surface area contributed by atoms with Gasteiger partial charge in [-0.15, -0.1) is 0 Å². The van der Waals surface area contributed by atoms with Crippen LogP contribution in [0.3, 0.4) is 0 Å². The minimum atomic E-state index is -6.02. The van der Waals surface area contributed by atoms with Crippen molar-refractivity contribution < 1.29 is 50.3 Å². The van der Waals surface area contributed by atoms with E-state index in [1.807, 2.05) is 0 Å². The lowest BCUT2D eigenvalue weighted by Crippen LogP contribution is -2.53. The Kier molecular flexibility index (Phi) is 9.42. The third-order valence-electron chi connectivity index (χ3n) is 12.2. The number of ether oxygens (including phenoxy) is 3. The Bertz CT molecular complexity index is 1830. The van der Waals surface area contributed by atoms with Gasteiger partial charge in [-0.3, -0.25) is 14.4 Å². The molecule has 0 amide bonds. The van der Waals surface area contributed by atoms with E-state index >= 15 is 0 Å². The zero-order valence-corrected chi connectivity index (χ0v) is 30.4. The molecule has 7 aliphatic rings. The predicted octanol–water partition coefficient (Wildman–Crippen LogP) is 6.39. The Morgan fingerprint density at radius 1 is 0.792 bits per heavy atom. The molecule has 1 saturated heterocycles. The molecule has 10 rings (SSSR count). The SMILES string of the molecule is O=C1OC2C3CC(C2OC(=O)C24CC5CC(CC(C5)C2)C4)C(C(=O)OCC(F)(F)S(=O)(=O)[O-])C13.c1ccc([S+](c2ccccc2)c2ccccc2)cc1. The summed E-state index contributed by atoms with van der Waals surface area (Å²) in [7, 11) is -6.04. The summed E-state index contributed by atoms with van der Waals surface area (Å²) in [5.74, 6) is -3.89. The Labute approximate surface area is 309 Å². The molecule has 7 fully saturated rings. The molecule has 1 heterocycles. The van der Waals surface area contributed by atoms with Gasteiger partial charge in [-0.2, -0.15) is 8.78 Å². The fourth-order valence-corrected chi connectivity index (χ4v) is 12.8. The molecule has 0 N–H and O–H groups in total. The molecule has 3 aromatic carbocycles. The van der Waals surface area contributed by atoms with Gasteiger partial charge < -0.3 is 18.8 Å².